The summed E-state index contributed by atoms with van der Waals surface area (Å²) in [6, 6.07) is 14.6. The second kappa shape index (κ2) is 9.96. The van der Waals surface area contributed by atoms with Crippen LogP contribution in [0.3, 0.4) is 0 Å². The van der Waals surface area contributed by atoms with Crippen molar-refractivity contribution in [1.82, 2.24) is 4.72 Å². The van der Waals surface area contributed by atoms with Gasteiger partial charge in [0.05, 0.1) is 17.7 Å². The highest BCUT2D eigenvalue weighted by Gasteiger charge is 2.26. The largest absolute Gasteiger partial charge is 0.497 e. The van der Waals surface area contributed by atoms with Crippen LogP contribution in [0.2, 0.25) is 0 Å². The van der Waals surface area contributed by atoms with E-state index in [0.717, 1.165) is 45.8 Å². The molecule has 0 saturated carbocycles. The highest BCUT2D eigenvalue weighted by Crippen LogP contribution is 2.43. The predicted molar refractivity (Wildman–Crippen MR) is 129 cm³/mol. The van der Waals surface area contributed by atoms with Gasteiger partial charge in [-0.15, -0.1) is 0 Å². The van der Waals surface area contributed by atoms with E-state index in [4.69, 9.17) is 4.74 Å². The smallest absolute Gasteiger partial charge is 0.261 e. The lowest BCUT2D eigenvalue weighted by molar-refractivity contribution is -0.107. The molecule has 1 aliphatic carbocycles. The Kier molecular flexibility index (Phi) is 7.51. The van der Waals surface area contributed by atoms with Crippen molar-refractivity contribution in [2.45, 2.75) is 55.2 Å². The SMILES string of the molecule is COc1cccc(SC2=C(NS(=O)(=O)c3ccc(C(C)(C)C)cc3)C=C2CCCC=O)c1. The second-order valence-corrected chi connectivity index (χ2v) is 11.4. The normalized spacial score (nSPS) is 13.9. The van der Waals surface area contributed by atoms with E-state index >= 15 is 0 Å². The first-order valence-corrected chi connectivity index (χ1v) is 12.8. The van der Waals surface area contributed by atoms with Gasteiger partial charge in [0, 0.05) is 16.2 Å². The van der Waals surface area contributed by atoms with Crippen LogP contribution in [-0.4, -0.2) is 21.8 Å². The quantitative estimate of drug-likeness (QED) is 0.362. The van der Waals surface area contributed by atoms with E-state index in [-0.39, 0.29) is 10.3 Å². The third-order valence-corrected chi connectivity index (χ3v) is 7.72. The van der Waals surface area contributed by atoms with E-state index in [9.17, 15) is 13.2 Å². The fourth-order valence-electron chi connectivity index (χ4n) is 3.28. The summed E-state index contributed by atoms with van der Waals surface area (Å²) in [6.45, 7) is 6.27. The van der Waals surface area contributed by atoms with Crippen LogP contribution in [0.15, 0.2) is 80.6 Å². The average Bonchev–Trinajstić information content (AvgIpc) is 2.76. The lowest BCUT2D eigenvalue weighted by Crippen LogP contribution is -2.27. The molecule has 0 aromatic heterocycles. The van der Waals surface area contributed by atoms with E-state index < -0.39 is 10.0 Å². The lowest BCUT2D eigenvalue weighted by Gasteiger charge is -2.25. The minimum atomic E-state index is -3.72. The molecule has 0 unspecified atom stereocenters. The summed E-state index contributed by atoms with van der Waals surface area (Å²) in [5, 5.41) is 0. The molecule has 0 fully saturated rings. The molecule has 3 rings (SSSR count). The average molecular weight is 472 g/mol. The zero-order chi connectivity index (χ0) is 23.4. The summed E-state index contributed by atoms with van der Waals surface area (Å²) in [4.78, 5) is 12.7. The first-order valence-electron chi connectivity index (χ1n) is 10.5. The van der Waals surface area contributed by atoms with E-state index in [0.29, 0.717) is 12.1 Å². The monoisotopic (exact) mass is 471 g/mol. The summed E-state index contributed by atoms with van der Waals surface area (Å²) in [6.07, 6.45) is 4.69. The Labute approximate surface area is 195 Å². The van der Waals surface area contributed by atoms with Crippen molar-refractivity contribution in [2.75, 3.05) is 7.11 Å². The minimum absolute atomic E-state index is 0.0497. The molecule has 0 heterocycles. The van der Waals surface area contributed by atoms with Crippen LogP contribution in [0, 0.1) is 0 Å². The minimum Gasteiger partial charge on any atom is -0.497 e. The first kappa shape index (κ1) is 24.1. The van der Waals surface area contributed by atoms with Crippen LogP contribution in [0.5, 0.6) is 5.75 Å². The molecule has 0 saturated heterocycles. The lowest BCUT2D eigenvalue weighted by atomic mass is 9.87. The van der Waals surface area contributed by atoms with Crippen LogP contribution in [0.1, 0.15) is 45.6 Å². The Morgan fingerprint density at radius 1 is 1.09 bits per heavy atom. The number of ether oxygens (including phenoxy) is 1. The van der Waals surface area contributed by atoms with Crippen molar-refractivity contribution in [2.24, 2.45) is 0 Å². The van der Waals surface area contributed by atoms with Gasteiger partial charge >= 0.3 is 0 Å². The van der Waals surface area contributed by atoms with Gasteiger partial charge in [0.1, 0.15) is 12.0 Å². The summed E-state index contributed by atoms with van der Waals surface area (Å²) in [5.41, 5.74) is 2.64. The predicted octanol–water partition coefficient (Wildman–Crippen LogP) is 5.58. The first-order chi connectivity index (χ1) is 15.1. The van der Waals surface area contributed by atoms with E-state index in [1.54, 1.807) is 19.2 Å². The summed E-state index contributed by atoms with van der Waals surface area (Å²) in [5.74, 6) is 0.738. The molecule has 0 radical (unpaired) electrons. The molecular formula is C25H29NO4S2. The van der Waals surface area contributed by atoms with Crippen molar-refractivity contribution in [1.29, 1.82) is 0 Å². The highest BCUT2D eigenvalue weighted by molar-refractivity contribution is 8.03. The number of rotatable bonds is 10. The van der Waals surface area contributed by atoms with Crippen molar-refractivity contribution >= 4 is 28.1 Å². The van der Waals surface area contributed by atoms with Crippen molar-refractivity contribution in [3.05, 3.63) is 76.3 Å². The molecule has 0 spiro atoms. The molecular weight excluding hydrogens is 442 g/mol. The third kappa shape index (κ3) is 5.84. The van der Waals surface area contributed by atoms with Crippen LogP contribution in [0.4, 0.5) is 0 Å². The molecule has 1 N–H and O–H groups in total. The number of nitrogens with one attached hydrogen (secondary N) is 1. The number of methoxy groups -OCH3 is 1. The number of hydrogen-bond acceptors (Lipinski definition) is 5. The highest BCUT2D eigenvalue weighted by atomic mass is 32.2. The van der Waals surface area contributed by atoms with Crippen molar-refractivity contribution in [3.8, 4) is 5.75 Å². The number of thioether (sulfide) groups is 1. The van der Waals surface area contributed by atoms with Crippen LogP contribution in [-0.2, 0) is 20.2 Å². The van der Waals surface area contributed by atoms with Gasteiger partial charge in [-0.3, -0.25) is 4.72 Å². The van der Waals surface area contributed by atoms with Crippen LogP contribution >= 0.6 is 11.8 Å². The molecule has 0 bridgehead atoms. The number of allylic oxidation sites excluding steroid dienone is 2. The summed E-state index contributed by atoms with van der Waals surface area (Å²) < 4.78 is 34.1. The summed E-state index contributed by atoms with van der Waals surface area (Å²) >= 11 is 1.49. The number of sulfonamides is 1. The van der Waals surface area contributed by atoms with Gasteiger partial charge in [-0.2, -0.15) is 0 Å². The Hall–Kier alpha value is -2.51. The van der Waals surface area contributed by atoms with E-state index in [1.165, 1.54) is 11.8 Å². The Morgan fingerprint density at radius 2 is 1.81 bits per heavy atom. The van der Waals surface area contributed by atoms with E-state index in [1.807, 2.05) is 42.5 Å². The molecule has 5 nitrogen and oxygen atoms in total. The molecule has 2 aromatic rings. The van der Waals surface area contributed by atoms with Gasteiger partial charge in [0.15, 0.2) is 0 Å². The number of unbranched alkanes of at least 4 members (excludes halogenated alkanes) is 1. The van der Waals surface area contributed by atoms with Crippen LogP contribution in [0.25, 0.3) is 0 Å². The maximum Gasteiger partial charge on any atom is 0.261 e. The third-order valence-electron chi connectivity index (χ3n) is 5.16. The van der Waals surface area contributed by atoms with Gasteiger partial charge < -0.3 is 9.53 Å². The van der Waals surface area contributed by atoms with Gasteiger partial charge in [-0.05, 0) is 65.8 Å². The fourth-order valence-corrected chi connectivity index (χ4v) is 5.48. The van der Waals surface area contributed by atoms with Gasteiger partial charge in [0.25, 0.3) is 10.0 Å². The molecule has 2 aromatic carbocycles. The second-order valence-electron chi connectivity index (χ2n) is 8.63. The van der Waals surface area contributed by atoms with Gasteiger partial charge in [-0.25, -0.2) is 8.42 Å². The van der Waals surface area contributed by atoms with Crippen LogP contribution < -0.4 is 9.46 Å². The number of aldehydes is 1. The van der Waals surface area contributed by atoms with Gasteiger partial charge in [-0.1, -0.05) is 50.7 Å². The zero-order valence-electron chi connectivity index (χ0n) is 18.8. The number of carbonyl (C=O) groups is 1. The van der Waals surface area contributed by atoms with E-state index in [2.05, 4.69) is 25.5 Å². The molecule has 7 heteroatoms. The number of hydrogen-bond donors (Lipinski definition) is 1. The van der Waals surface area contributed by atoms with Crippen molar-refractivity contribution in [3.63, 3.8) is 0 Å². The van der Waals surface area contributed by atoms with Gasteiger partial charge in [0.2, 0.25) is 0 Å². The Bertz CT molecular complexity index is 1140. The molecule has 0 atom stereocenters. The standard InChI is InChI=1S/C25H29NO4S2/c1-25(2,3)19-11-13-22(14-12-19)32(28,29)26-23-16-18(8-5-6-15-27)24(23)31-21-10-7-9-20(17-21)30-4/h7,9-17,26H,5-6,8H2,1-4H3. The number of carbonyl (C=O) groups excluding carboxylic acids is 1. The topological polar surface area (TPSA) is 72.5 Å². The maximum atomic E-state index is 13.0. The maximum absolute atomic E-state index is 13.0. The van der Waals surface area contributed by atoms with Crippen molar-refractivity contribution < 1.29 is 17.9 Å². The molecule has 0 aliphatic heterocycles. The Morgan fingerprint density at radius 3 is 2.44 bits per heavy atom. The zero-order valence-corrected chi connectivity index (χ0v) is 20.5. The Balaban J connectivity index is 1.83. The fraction of sp³-hybridized carbons (Fsp3) is 0.320. The molecule has 170 valence electrons. The molecule has 32 heavy (non-hydrogen) atoms. The summed E-state index contributed by atoms with van der Waals surface area (Å²) in [7, 11) is -2.10. The molecule has 1 aliphatic rings. The number of benzene rings is 2. The molecule has 0 amide bonds.